The lowest BCUT2D eigenvalue weighted by Crippen LogP contribution is -2.29. The fourth-order valence-electron chi connectivity index (χ4n) is 1.54. The molecule has 0 spiro atoms. The Morgan fingerprint density at radius 1 is 1.24 bits per heavy atom. The number of benzene rings is 1. The van der Waals surface area contributed by atoms with Gasteiger partial charge in [-0.05, 0) is 35.9 Å². The molecule has 0 aliphatic rings. The summed E-state index contributed by atoms with van der Waals surface area (Å²) in [6, 6.07) is 6.91. The number of nitrogens with one attached hydrogen (secondary N) is 1. The van der Waals surface area contributed by atoms with Crippen LogP contribution in [0.15, 0.2) is 34.7 Å². The third-order valence-electron chi connectivity index (χ3n) is 2.32. The molecule has 0 aliphatic heterocycles. The fraction of sp³-hybridized carbons (Fsp3) is 0.0909. The lowest BCUT2D eigenvalue weighted by atomic mass is 10.0. The van der Waals surface area contributed by atoms with Gasteiger partial charge >= 0.3 is 0 Å². The second-order valence-corrected chi connectivity index (χ2v) is 4.22. The molecule has 0 amide bonds. The SMILES string of the molecule is NNC(c1ccc(Cl)o1)c1ccc(Cl)cc1F. The van der Waals surface area contributed by atoms with Crippen molar-refractivity contribution in [2.24, 2.45) is 5.84 Å². The van der Waals surface area contributed by atoms with Crippen LogP contribution in [-0.4, -0.2) is 0 Å². The Morgan fingerprint density at radius 3 is 2.53 bits per heavy atom. The van der Waals surface area contributed by atoms with Crippen LogP contribution in [-0.2, 0) is 0 Å². The Hall–Kier alpha value is -1.07. The van der Waals surface area contributed by atoms with Gasteiger partial charge in [-0.2, -0.15) is 0 Å². The maximum Gasteiger partial charge on any atom is 0.193 e. The van der Waals surface area contributed by atoms with E-state index in [0.29, 0.717) is 16.3 Å². The first-order valence-electron chi connectivity index (χ1n) is 4.78. The number of halogens is 3. The van der Waals surface area contributed by atoms with Crippen molar-refractivity contribution in [3.8, 4) is 0 Å². The summed E-state index contributed by atoms with van der Waals surface area (Å²) >= 11 is 11.3. The molecule has 3 nitrogen and oxygen atoms in total. The van der Waals surface area contributed by atoms with E-state index in [9.17, 15) is 4.39 Å². The average Bonchev–Trinajstić information content (AvgIpc) is 2.69. The van der Waals surface area contributed by atoms with E-state index in [1.165, 1.54) is 6.07 Å². The van der Waals surface area contributed by atoms with Crippen LogP contribution in [0.2, 0.25) is 10.2 Å². The quantitative estimate of drug-likeness (QED) is 0.667. The molecule has 0 saturated heterocycles. The van der Waals surface area contributed by atoms with E-state index in [4.69, 9.17) is 33.5 Å². The summed E-state index contributed by atoms with van der Waals surface area (Å²) in [6.07, 6.45) is 0. The molecule has 0 saturated carbocycles. The van der Waals surface area contributed by atoms with Crippen LogP contribution < -0.4 is 11.3 Å². The molecule has 0 fully saturated rings. The standard InChI is InChI=1S/C11H9Cl2FN2O/c12-6-1-2-7(8(14)5-6)11(16-15)9-3-4-10(13)17-9/h1-5,11,16H,15H2. The summed E-state index contributed by atoms with van der Waals surface area (Å²) in [5, 5.41) is 0.536. The van der Waals surface area contributed by atoms with Crippen LogP contribution in [0.5, 0.6) is 0 Å². The van der Waals surface area contributed by atoms with E-state index in [-0.39, 0.29) is 5.22 Å². The normalized spacial score (nSPS) is 12.7. The molecule has 2 aromatic rings. The molecule has 6 heteroatoms. The minimum absolute atomic E-state index is 0.217. The van der Waals surface area contributed by atoms with Crippen LogP contribution >= 0.6 is 23.2 Å². The molecule has 0 bridgehead atoms. The summed E-state index contributed by atoms with van der Waals surface area (Å²) in [7, 11) is 0. The number of rotatable bonds is 3. The van der Waals surface area contributed by atoms with E-state index in [0.717, 1.165) is 0 Å². The van der Waals surface area contributed by atoms with Crippen molar-refractivity contribution in [1.82, 2.24) is 5.43 Å². The molecule has 0 aliphatic carbocycles. The molecule has 1 aromatic heterocycles. The van der Waals surface area contributed by atoms with E-state index < -0.39 is 11.9 Å². The molecule has 1 heterocycles. The van der Waals surface area contributed by atoms with Gasteiger partial charge < -0.3 is 4.42 Å². The van der Waals surface area contributed by atoms with Gasteiger partial charge in [-0.3, -0.25) is 5.84 Å². The van der Waals surface area contributed by atoms with Crippen molar-refractivity contribution in [1.29, 1.82) is 0 Å². The molecule has 0 radical (unpaired) electrons. The van der Waals surface area contributed by atoms with Gasteiger partial charge in [0.2, 0.25) is 0 Å². The molecular formula is C11H9Cl2FN2O. The number of hydrazine groups is 1. The molecule has 17 heavy (non-hydrogen) atoms. The second kappa shape index (κ2) is 5.06. The average molecular weight is 275 g/mol. The lowest BCUT2D eigenvalue weighted by Gasteiger charge is -2.14. The van der Waals surface area contributed by atoms with Crippen molar-refractivity contribution in [2.75, 3.05) is 0 Å². The summed E-state index contributed by atoms with van der Waals surface area (Å²) < 4.78 is 18.9. The number of nitrogens with two attached hydrogens (primary N) is 1. The zero-order chi connectivity index (χ0) is 12.4. The van der Waals surface area contributed by atoms with Gasteiger partial charge in [-0.25, -0.2) is 9.82 Å². The number of hydrogen-bond acceptors (Lipinski definition) is 3. The Morgan fingerprint density at radius 2 is 2.00 bits per heavy atom. The van der Waals surface area contributed by atoms with Crippen molar-refractivity contribution in [2.45, 2.75) is 6.04 Å². The Balaban J connectivity index is 2.42. The highest BCUT2D eigenvalue weighted by atomic mass is 35.5. The lowest BCUT2D eigenvalue weighted by molar-refractivity contribution is 0.442. The maximum atomic E-state index is 13.7. The zero-order valence-corrected chi connectivity index (χ0v) is 10.1. The predicted octanol–water partition coefficient (Wildman–Crippen LogP) is 3.28. The molecule has 2 rings (SSSR count). The Kier molecular flexibility index (Phi) is 3.69. The Bertz CT molecular complexity index is 530. The van der Waals surface area contributed by atoms with Crippen molar-refractivity contribution >= 4 is 23.2 Å². The van der Waals surface area contributed by atoms with Gasteiger partial charge in [0, 0.05) is 10.6 Å². The summed E-state index contributed by atoms with van der Waals surface area (Å²) in [5.74, 6) is 5.36. The van der Waals surface area contributed by atoms with Gasteiger partial charge in [0.15, 0.2) is 5.22 Å². The van der Waals surface area contributed by atoms with Crippen LogP contribution in [0.1, 0.15) is 17.4 Å². The molecule has 3 N–H and O–H groups in total. The van der Waals surface area contributed by atoms with Gasteiger partial charge in [0.25, 0.3) is 0 Å². The first kappa shape index (κ1) is 12.4. The van der Waals surface area contributed by atoms with E-state index >= 15 is 0 Å². The monoisotopic (exact) mass is 274 g/mol. The van der Waals surface area contributed by atoms with Gasteiger partial charge in [-0.15, -0.1) is 0 Å². The minimum atomic E-state index is -0.611. The third-order valence-corrected chi connectivity index (χ3v) is 2.76. The highest BCUT2D eigenvalue weighted by Crippen LogP contribution is 2.28. The minimum Gasteiger partial charge on any atom is -0.448 e. The highest BCUT2D eigenvalue weighted by Gasteiger charge is 2.19. The smallest absolute Gasteiger partial charge is 0.193 e. The van der Waals surface area contributed by atoms with Crippen LogP contribution in [0.3, 0.4) is 0 Å². The second-order valence-electron chi connectivity index (χ2n) is 3.41. The molecule has 1 aromatic carbocycles. The zero-order valence-electron chi connectivity index (χ0n) is 8.58. The van der Waals surface area contributed by atoms with Crippen LogP contribution in [0, 0.1) is 5.82 Å². The maximum absolute atomic E-state index is 13.7. The van der Waals surface area contributed by atoms with E-state index in [1.807, 2.05) is 0 Å². The van der Waals surface area contributed by atoms with Gasteiger partial charge in [-0.1, -0.05) is 17.7 Å². The summed E-state index contributed by atoms with van der Waals surface area (Å²) in [6.45, 7) is 0. The molecule has 90 valence electrons. The fourth-order valence-corrected chi connectivity index (χ4v) is 1.86. The van der Waals surface area contributed by atoms with Gasteiger partial charge in [0.1, 0.15) is 17.6 Å². The van der Waals surface area contributed by atoms with Crippen molar-refractivity contribution in [3.63, 3.8) is 0 Å². The van der Waals surface area contributed by atoms with E-state index in [2.05, 4.69) is 5.43 Å². The highest BCUT2D eigenvalue weighted by molar-refractivity contribution is 6.30. The molecule has 1 unspecified atom stereocenters. The largest absolute Gasteiger partial charge is 0.448 e. The van der Waals surface area contributed by atoms with Crippen molar-refractivity contribution < 1.29 is 8.81 Å². The first-order valence-corrected chi connectivity index (χ1v) is 5.53. The topological polar surface area (TPSA) is 51.2 Å². The molecule has 1 atom stereocenters. The van der Waals surface area contributed by atoms with Crippen LogP contribution in [0.4, 0.5) is 4.39 Å². The summed E-state index contributed by atoms with van der Waals surface area (Å²) in [4.78, 5) is 0. The number of furan rings is 1. The number of hydrogen-bond donors (Lipinski definition) is 2. The van der Waals surface area contributed by atoms with E-state index in [1.54, 1.807) is 24.3 Å². The summed E-state index contributed by atoms with van der Waals surface area (Å²) in [5.41, 5.74) is 2.81. The Labute approximate surface area is 107 Å². The predicted molar refractivity (Wildman–Crippen MR) is 64.3 cm³/mol. The van der Waals surface area contributed by atoms with Crippen LogP contribution in [0.25, 0.3) is 0 Å². The molecular weight excluding hydrogens is 266 g/mol. The van der Waals surface area contributed by atoms with Crippen molar-refractivity contribution in [3.05, 3.63) is 57.7 Å². The third kappa shape index (κ3) is 2.61. The van der Waals surface area contributed by atoms with Gasteiger partial charge in [0.05, 0.1) is 0 Å². The first-order chi connectivity index (χ1) is 8.11.